The highest BCUT2D eigenvalue weighted by Gasteiger charge is 2.30. The van der Waals surface area contributed by atoms with E-state index in [9.17, 15) is 35.1 Å². The van der Waals surface area contributed by atoms with Crippen molar-refractivity contribution in [1.29, 1.82) is 0 Å². The molecule has 1 heterocycles. The van der Waals surface area contributed by atoms with Gasteiger partial charge in [0.25, 0.3) is 5.91 Å². The molecule has 4 atom stereocenters. The summed E-state index contributed by atoms with van der Waals surface area (Å²) in [6.07, 6.45) is -5.68. The van der Waals surface area contributed by atoms with Gasteiger partial charge in [-0.2, -0.15) is 0 Å². The van der Waals surface area contributed by atoms with Crippen molar-refractivity contribution in [3.63, 3.8) is 0 Å². The Morgan fingerprint density at radius 2 is 1.70 bits per heavy atom. The van der Waals surface area contributed by atoms with E-state index in [1.54, 1.807) is 0 Å². The molecule has 1 aromatic heterocycles. The zero-order valence-electron chi connectivity index (χ0n) is 17.2. The second kappa shape index (κ2) is 11.3. The number of aliphatic hydroxyl groups excluding tert-OH is 5. The molecule has 178 valence electrons. The summed E-state index contributed by atoms with van der Waals surface area (Å²) in [7, 11) is 0. The van der Waals surface area contributed by atoms with Crippen LogP contribution in [0.5, 0.6) is 0 Å². The minimum atomic E-state index is -1.82. The molecule has 13 heteroatoms. The maximum absolute atomic E-state index is 12.3. The van der Waals surface area contributed by atoms with Crippen molar-refractivity contribution in [2.75, 3.05) is 13.2 Å². The highest BCUT2D eigenvalue weighted by molar-refractivity contribution is 5.97. The van der Waals surface area contributed by atoms with Crippen molar-refractivity contribution >= 4 is 23.5 Å². The van der Waals surface area contributed by atoms with Crippen molar-refractivity contribution in [2.45, 2.75) is 24.4 Å². The molecule has 0 spiro atoms. The van der Waals surface area contributed by atoms with Gasteiger partial charge in [-0.3, -0.25) is 9.78 Å². The van der Waals surface area contributed by atoms with Crippen LogP contribution in [0.4, 0.5) is 5.69 Å². The van der Waals surface area contributed by atoms with Crippen molar-refractivity contribution in [3.05, 3.63) is 47.8 Å². The quantitative estimate of drug-likeness (QED) is 0.132. The van der Waals surface area contributed by atoms with E-state index in [0.717, 1.165) is 0 Å². The van der Waals surface area contributed by atoms with E-state index in [1.165, 1.54) is 36.5 Å². The summed E-state index contributed by atoms with van der Waals surface area (Å²) < 4.78 is 0. The fraction of sp³-hybridized carbons (Fsp3) is 0.300. The smallest absolute Gasteiger partial charge is 0.336 e. The average Bonchev–Trinajstić information content (AvgIpc) is 2.80. The number of guanidine groups is 1. The third-order valence-corrected chi connectivity index (χ3v) is 4.60. The third-order valence-electron chi connectivity index (χ3n) is 4.60. The number of nitrogens with zero attached hydrogens (tertiary/aromatic N) is 2. The Hall–Kier alpha value is -3.62. The van der Waals surface area contributed by atoms with Crippen LogP contribution in [0.1, 0.15) is 20.8 Å². The molecule has 1 aromatic carbocycles. The Bertz CT molecular complexity index is 1010. The Balaban J connectivity index is 2.14. The lowest BCUT2D eigenvalue weighted by Gasteiger charge is -2.25. The van der Waals surface area contributed by atoms with Crippen LogP contribution in [0.2, 0.25) is 0 Å². The number of pyridine rings is 1. The highest BCUT2D eigenvalue weighted by atomic mass is 16.4. The van der Waals surface area contributed by atoms with Crippen LogP contribution in [-0.4, -0.2) is 91.0 Å². The van der Waals surface area contributed by atoms with E-state index in [-0.39, 0.29) is 22.8 Å². The number of carbonyl (C=O) groups is 2. The van der Waals surface area contributed by atoms with Crippen LogP contribution in [-0.2, 0) is 0 Å². The highest BCUT2D eigenvalue weighted by Crippen LogP contribution is 2.28. The van der Waals surface area contributed by atoms with Crippen LogP contribution < -0.4 is 16.8 Å². The monoisotopic (exact) mass is 463 g/mol. The Morgan fingerprint density at radius 3 is 2.24 bits per heavy atom. The van der Waals surface area contributed by atoms with Crippen LogP contribution in [0.15, 0.2) is 41.5 Å². The van der Waals surface area contributed by atoms with Gasteiger partial charge in [-0.1, -0.05) is 6.07 Å². The van der Waals surface area contributed by atoms with Crippen LogP contribution >= 0.6 is 0 Å². The molecule has 0 aliphatic rings. The number of aliphatic hydroxyl groups is 5. The zero-order chi connectivity index (χ0) is 24.7. The summed E-state index contributed by atoms with van der Waals surface area (Å²) in [4.78, 5) is 31.7. The molecule has 2 rings (SSSR count). The van der Waals surface area contributed by atoms with E-state index < -0.39 is 49.4 Å². The number of carboxylic acids is 1. The van der Waals surface area contributed by atoms with Crippen LogP contribution in [0.25, 0.3) is 11.1 Å². The Labute approximate surface area is 187 Å². The average molecular weight is 463 g/mol. The predicted octanol–water partition coefficient (Wildman–Crippen LogP) is -2.48. The number of carboxylic acid groups (broad SMARTS) is 1. The molecule has 13 nitrogen and oxygen atoms in total. The van der Waals surface area contributed by atoms with Gasteiger partial charge in [0, 0.05) is 18.3 Å². The molecule has 2 aromatic rings. The van der Waals surface area contributed by atoms with Crippen LogP contribution in [0, 0.1) is 0 Å². The number of amides is 1. The summed E-state index contributed by atoms with van der Waals surface area (Å²) in [6, 6.07) is 6.98. The van der Waals surface area contributed by atoms with Gasteiger partial charge in [0.2, 0.25) is 0 Å². The van der Waals surface area contributed by atoms with Gasteiger partial charge in [0.15, 0.2) is 5.96 Å². The van der Waals surface area contributed by atoms with Crippen molar-refractivity contribution in [2.24, 2.45) is 16.5 Å². The Morgan fingerprint density at radius 1 is 1.03 bits per heavy atom. The fourth-order valence-corrected chi connectivity index (χ4v) is 2.84. The Kier molecular flexibility index (Phi) is 8.78. The minimum absolute atomic E-state index is 0.0377. The van der Waals surface area contributed by atoms with E-state index in [0.29, 0.717) is 11.3 Å². The number of hydrogen-bond donors (Lipinski definition) is 9. The first kappa shape index (κ1) is 25.6. The van der Waals surface area contributed by atoms with Gasteiger partial charge >= 0.3 is 5.97 Å². The first-order chi connectivity index (χ1) is 15.5. The molecule has 11 N–H and O–H groups in total. The molecule has 0 saturated carbocycles. The summed E-state index contributed by atoms with van der Waals surface area (Å²) >= 11 is 0. The summed E-state index contributed by atoms with van der Waals surface area (Å²) in [6.45, 7) is -1.31. The SMILES string of the molecule is NC(N)=Nc1ccc(C(=O)O)c(-c2ccc(C(=O)NC[C@H](O)[C@@H](O)[C@H](O)[C@H](O)CO)nc2)c1. The van der Waals surface area contributed by atoms with Gasteiger partial charge < -0.3 is 47.4 Å². The van der Waals surface area contributed by atoms with Gasteiger partial charge in [-0.05, 0) is 29.8 Å². The first-order valence-corrected chi connectivity index (χ1v) is 9.59. The molecular weight excluding hydrogens is 438 g/mol. The minimum Gasteiger partial charge on any atom is -0.478 e. The molecule has 0 bridgehead atoms. The maximum Gasteiger partial charge on any atom is 0.336 e. The number of aliphatic imine (C=N–C) groups is 1. The van der Waals surface area contributed by atoms with Crippen molar-refractivity contribution < 1.29 is 40.2 Å². The normalized spacial score (nSPS) is 14.6. The molecule has 0 aliphatic carbocycles. The fourth-order valence-electron chi connectivity index (χ4n) is 2.84. The molecule has 0 unspecified atom stereocenters. The lowest BCUT2D eigenvalue weighted by molar-refractivity contribution is -0.113. The van der Waals surface area contributed by atoms with Gasteiger partial charge in [0.1, 0.15) is 24.0 Å². The lowest BCUT2D eigenvalue weighted by Crippen LogP contribution is -2.49. The van der Waals surface area contributed by atoms with Gasteiger partial charge in [0.05, 0.1) is 24.0 Å². The molecule has 0 saturated heterocycles. The van der Waals surface area contributed by atoms with Crippen LogP contribution in [0.3, 0.4) is 0 Å². The van der Waals surface area contributed by atoms with E-state index >= 15 is 0 Å². The predicted molar refractivity (Wildman–Crippen MR) is 116 cm³/mol. The number of carbonyl (C=O) groups excluding carboxylic acids is 1. The molecule has 1 amide bonds. The zero-order valence-corrected chi connectivity index (χ0v) is 17.2. The molecular formula is C20H25N5O8. The van der Waals surface area contributed by atoms with Gasteiger partial charge in [-0.15, -0.1) is 0 Å². The number of aromatic nitrogens is 1. The number of rotatable bonds is 10. The number of aromatic carboxylic acids is 1. The third kappa shape index (κ3) is 6.68. The molecule has 0 aliphatic heterocycles. The van der Waals surface area contributed by atoms with Gasteiger partial charge in [-0.25, -0.2) is 9.79 Å². The molecule has 33 heavy (non-hydrogen) atoms. The van der Waals surface area contributed by atoms with E-state index in [2.05, 4.69) is 15.3 Å². The number of nitrogens with two attached hydrogens (primary N) is 2. The second-order valence-electron chi connectivity index (χ2n) is 7.01. The second-order valence-corrected chi connectivity index (χ2v) is 7.01. The van der Waals surface area contributed by atoms with Crippen molar-refractivity contribution in [1.82, 2.24) is 10.3 Å². The summed E-state index contributed by atoms with van der Waals surface area (Å²) in [5.74, 6) is -2.12. The standard InChI is InChI=1S/C20H25N5O8/c21-20(22)25-10-2-3-11(19(32)33)12(5-10)9-1-4-13(23-6-9)18(31)24-7-14(27)16(29)17(30)15(28)8-26/h1-6,14-17,26-30H,7-8H2,(H,24,31)(H,32,33)(H4,21,22,25)/t14-,15+,16+,17+/m0/s1. The number of nitrogens with one attached hydrogen (secondary N) is 1. The van der Waals surface area contributed by atoms with E-state index in [4.69, 9.17) is 16.6 Å². The lowest BCUT2D eigenvalue weighted by atomic mass is 10.00. The first-order valence-electron chi connectivity index (χ1n) is 9.59. The molecule has 0 fully saturated rings. The summed E-state index contributed by atoms with van der Waals surface area (Å²) in [5.41, 5.74) is 11.5. The number of hydrogen-bond acceptors (Lipinski definition) is 9. The number of benzene rings is 1. The molecule has 0 radical (unpaired) electrons. The largest absolute Gasteiger partial charge is 0.478 e. The van der Waals surface area contributed by atoms with Crippen molar-refractivity contribution in [3.8, 4) is 11.1 Å². The van der Waals surface area contributed by atoms with E-state index in [1.807, 2.05) is 0 Å². The topological polar surface area (TPSA) is 245 Å². The maximum atomic E-state index is 12.3. The summed E-state index contributed by atoms with van der Waals surface area (Å²) in [5, 5.41) is 59.1.